The summed E-state index contributed by atoms with van der Waals surface area (Å²) in [5, 5.41) is 0. The summed E-state index contributed by atoms with van der Waals surface area (Å²) in [4.78, 5) is 21.9. The molecule has 12 heavy (non-hydrogen) atoms. The Kier molecular flexibility index (Phi) is 2.28. The number of hydrogen-bond donors (Lipinski definition) is 1. The molecule has 4 heteroatoms. The molecule has 0 aromatic carbocycles. The Hall–Kier alpha value is -1.58. The van der Waals surface area contributed by atoms with E-state index in [9.17, 15) is 9.59 Å². The average molecular weight is 167 g/mol. The van der Waals surface area contributed by atoms with Crippen molar-refractivity contribution in [3.8, 4) is 0 Å². The molecule has 1 heterocycles. The lowest BCUT2D eigenvalue weighted by atomic mass is 10.0. The molecule has 0 aliphatic carbocycles. The van der Waals surface area contributed by atoms with E-state index < -0.39 is 11.8 Å². The minimum Gasteiger partial charge on any atom is -0.472 e. The Morgan fingerprint density at radius 3 is 2.67 bits per heavy atom. The quantitative estimate of drug-likeness (QED) is 0.528. The molecule has 0 fully saturated rings. The first-order valence-corrected chi connectivity index (χ1v) is 3.48. The van der Waals surface area contributed by atoms with Crippen molar-refractivity contribution in [1.82, 2.24) is 0 Å². The van der Waals surface area contributed by atoms with Crippen molar-refractivity contribution in [2.45, 2.75) is 6.92 Å². The fourth-order valence-electron chi connectivity index (χ4n) is 0.784. The monoisotopic (exact) mass is 167 g/mol. The van der Waals surface area contributed by atoms with E-state index in [0.717, 1.165) is 0 Å². The van der Waals surface area contributed by atoms with E-state index in [1.807, 2.05) is 0 Å². The maximum absolute atomic E-state index is 11.3. The smallest absolute Gasteiger partial charge is 0.228 e. The Morgan fingerprint density at radius 1 is 1.58 bits per heavy atom. The standard InChI is InChI=1S/C8H9NO3/c1-5(8(9)11)7(10)6-2-3-12-4-6/h2-5H,1H3,(H2,9,11). The van der Waals surface area contributed by atoms with Crippen LogP contribution < -0.4 is 5.73 Å². The zero-order valence-electron chi connectivity index (χ0n) is 6.61. The third kappa shape index (κ3) is 1.53. The van der Waals surface area contributed by atoms with Crippen molar-refractivity contribution in [3.05, 3.63) is 24.2 Å². The van der Waals surface area contributed by atoms with Gasteiger partial charge in [0.1, 0.15) is 6.26 Å². The number of primary amides is 1. The van der Waals surface area contributed by atoms with Crippen LogP contribution in [-0.4, -0.2) is 11.7 Å². The van der Waals surface area contributed by atoms with Crippen LogP contribution in [0.15, 0.2) is 23.0 Å². The molecular weight excluding hydrogens is 158 g/mol. The summed E-state index contributed by atoms with van der Waals surface area (Å²) in [6.07, 6.45) is 2.67. The number of furan rings is 1. The molecule has 0 spiro atoms. The van der Waals surface area contributed by atoms with Crippen LogP contribution in [0.5, 0.6) is 0 Å². The number of ketones is 1. The summed E-state index contributed by atoms with van der Waals surface area (Å²) in [6, 6.07) is 1.50. The van der Waals surface area contributed by atoms with Gasteiger partial charge in [-0.05, 0) is 13.0 Å². The number of Topliss-reactive ketones (excluding diaryl/α,β-unsaturated/α-hetero) is 1. The first-order valence-electron chi connectivity index (χ1n) is 3.48. The van der Waals surface area contributed by atoms with Gasteiger partial charge in [-0.1, -0.05) is 0 Å². The highest BCUT2D eigenvalue weighted by molar-refractivity contribution is 6.09. The first kappa shape index (κ1) is 8.52. The van der Waals surface area contributed by atoms with Crippen molar-refractivity contribution >= 4 is 11.7 Å². The molecule has 0 radical (unpaired) electrons. The zero-order valence-corrected chi connectivity index (χ0v) is 6.61. The van der Waals surface area contributed by atoms with Crippen LogP contribution in [-0.2, 0) is 4.79 Å². The van der Waals surface area contributed by atoms with Crippen LogP contribution >= 0.6 is 0 Å². The predicted octanol–water partition coefficient (Wildman–Crippen LogP) is 0.584. The molecule has 1 aromatic rings. The highest BCUT2D eigenvalue weighted by atomic mass is 16.3. The maximum Gasteiger partial charge on any atom is 0.228 e. The number of amides is 1. The van der Waals surface area contributed by atoms with Crippen LogP contribution in [0.25, 0.3) is 0 Å². The predicted molar refractivity (Wildman–Crippen MR) is 41.4 cm³/mol. The molecule has 0 aliphatic heterocycles. The molecule has 0 aliphatic rings. The normalized spacial score (nSPS) is 12.4. The fraction of sp³-hybridized carbons (Fsp3) is 0.250. The van der Waals surface area contributed by atoms with Gasteiger partial charge in [-0.2, -0.15) is 0 Å². The number of nitrogens with two attached hydrogens (primary N) is 1. The second-order valence-electron chi connectivity index (χ2n) is 2.50. The van der Waals surface area contributed by atoms with Gasteiger partial charge in [0.2, 0.25) is 5.91 Å². The summed E-state index contributed by atoms with van der Waals surface area (Å²) in [5.41, 5.74) is 5.33. The lowest BCUT2D eigenvalue weighted by molar-refractivity contribution is -0.119. The number of carbonyl (C=O) groups excluding carboxylic acids is 2. The summed E-state index contributed by atoms with van der Waals surface area (Å²) in [7, 11) is 0. The molecule has 2 N–H and O–H groups in total. The van der Waals surface area contributed by atoms with Gasteiger partial charge in [-0.3, -0.25) is 9.59 Å². The number of hydrogen-bond acceptors (Lipinski definition) is 3. The minimum absolute atomic E-state index is 0.309. The Morgan fingerprint density at radius 2 is 2.25 bits per heavy atom. The van der Waals surface area contributed by atoms with Gasteiger partial charge in [-0.25, -0.2) is 0 Å². The molecule has 1 aromatic heterocycles. The highest BCUT2D eigenvalue weighted by Crippen LogP contribution is 2.08. The largest absolute Gasteiger partial charge is 0.472 e. The molecule has 1 unspecified atom stereocenters. The van der Waals surface area contributed by atoms with Crippen LogP contribution in [0, 0.1) is 5.92 Å². The Balaban J connectivity index is 2.79. The van der Waals surface area contributed by atoms with Crippen molar-refractivity contribution in [2.75, 3.05) is 0 Å². The maximum atomic E-state index is 11.3. The molecular formula is C8H9NO3. The lowest BCUT2D eigenvalue weighted by Crippen LogP contribution is -2.27. The summed E-state index contributed by atoms with van der Waals surface area (Å²) in [5.74, 6) is -1.72. The van der Waals surface area contributed by atoms with Gasteiger partial charge >= 0.3 is 0 Å². The fourth-order valence-corrected chi connectivity index (χ4v) is 0.784. The van der Waals surface area contributed by atoms with Gasteiger partial charge in [0.15, 0.2) is 5.78 Å². The van der Waals surface area contributed by atoms with Crippen LogP contribution in [0.1, 0.15) is 17.3 Å². The van der Waals surface area contributed by atoms with E-state index >= 15 is 0 Å². The van der Waals surface area contributed by atoms with E-state index in [2.05, 4.69) is 0 Å². The highest BCUT2D eigenvalue weighted by Gasteiger charge is 2.20. The zero-order chi connectivity index (χ0) is 9.14. The third-order valence-corrected chi connectivity index (χ3v) is 1.63. The average Bonchev–Trinajstić information content (AvgIpc) is 2.53. The minimum atomic E-state index is -0.789. The number of carbonyl (C=O) groups is 2. The lowest BCUT2D eigenvalue weighted by Gasteiger charge is -2.02. The van der Waals surface area contributed by atoms with E-state index in [1.165, 1.54) is 25.5 Å². The molecule has 4 nitrogen and oxygen atoms in total. The molecule has 0 saturated carbocycles. The molecule has 1 rings (SSSR count). The van der Waals surface area contributed by atoms with E-state index in [0.29, 0.717) is 5.56 Å². The van der Waals surface area contributed by atoms with Gasteiger partial charge in [0.05, 0.1) is 17.7 Å². The van der Waals surface area contributed by atoms with E-state index in [-0.39, 0.29) is 5.78 Å². The molecule has 1 atom stereocenters. The SMILES string of the molecule is CC(C(N)=O)C(=O)c1ccoc1. The van der Waals surface area contributed by atoms with Gasteiger partial charge in [0.25, 0.3) is 0 Å². The second kappa shape index (κ2) is 3.21. The summed E-state index contributed by atoms with van der Waals surface area (Å²) in [6.45, 7) is 1.47. The van der Waals surface area contributed by atoms with Gasteiger partial charge < -0.3 is 10.2 Å². The molecule has 1 amide bonds. The molecule has 0 saturated heterocycles. The Bertz CT molecular complexity index is 289. The van der Waals surface area contributed by atoms with Crippen molar-refractivity contribution < 1.29 is 14.0 Å². The Labute approximate surface area is 69.3 Å². The molecule has 0 bridgehead atoms. The van der Waals surface area contributed by atoms with Crippen LogP contribution in [0.3, 0.4) is 0 Å². The summed E-state index contributed by atoms with van der Waals surface area (Å²) >= 11 is 0. The molecule has 64 valence electrons. The van der Waals surface area contributed by atoms with E-state index in [1.54, 1.807) is 0 Å². The van der Waals surface area contributed by atoms with Crippen LogP contribution in [0.4, 0.5) is 0 Å². The number of rotatable bonds is 3. The van der Waals surface area contributed by atoms with Crippen molar-refractivity contribution in [1.29, 1.82) is 0 Å². The summed E-state index contributed by atoms with van der Waals surface area (Å²) < 4.78 is 4.69. The topological polar surface area (TPSA) is 73.3 Å². The van der Waals surface area contributed by atoms with Crippen molar-refractivity contribution in [3.63, 3.8) is 0 Å². The van der Waals surface area contributed by atoms with Gasteiger partial charge in [-0.15, -0.1) is 0 Å². The van der Waals surface area contributed by atoms with Gasteiger partial charge in [0, 0.05) is 0 Å². The van der Waals surface area contributed by atoms with Crippen LogP contribution in [0.2, 0.25) is 0 Å². The first-order chi connectivity index (χ1) is 5.63. The van der Waals surface area contributed by atoms with E-state index in [4.69, 9.17) is 10.2 Å². The third-order valence-electron chi connectivity index (χ3n) is 1.63. The second-order valence-corrected chi connectivity index (χ2v) is 2.50. The van der Waals surface area contributed by atoms with Crippen molar-refractivity contribution in [2.24, 2.45) is 11.7 Å².